The molecule has 2 nitrogen and oxygen atoms in total. The van der Waals surface area contributed by atoms with E-state index in [0.29, 0.717) is 5.92 Å². The Hall–Kier alpha value is -0.790. The summed E-state index contributed by atoms with van der Waals surface area (Å²) < 4.78 is 0. The van der Waals surface area contributed by atoms with Crippen LogP contribution in [0.25, 0.3) is 0 Å². The fourth-order valence-electron chi connectivity index (χ4n) is 0.887. The van der Waals surface area contributed by atoms with Crippen molar-refractivity contribution >= 4 is 6.21 Å². The van der Waals surface area contributed by atoms with E-state index in [1.54, 1.807) is 6.20 Å². The Kier molecular flexibility index (Phi) is 6.29. The van der Waals surface area contributed by atoms with Crippen LogP contribution in [0.2, 0.25) is 0 Å². The lowest BCUT2D eigenvalue weighted by Crippen LogP contribution is -2.00. The second-order valence-corrected chi connectivity index (χ2v) is 4.04. The highest BCUT2D eigenvalue weighted by molar-refractivity contribution is 5.78. The van der Waals surface area contributed by atoms with Gasteiger partial charge in [-0.2, -0.15) is 0 Å². The molecule has 0 aromatic heterocycles. The zero-order chi connectivity index (χ0) is 10.3. The molecule has 0 aliphatic rings. The zero-order valence-corrected chi connectivity index (χ0v) is 9.25. The van der Waals surface area contributed by atoms with Crippen LogP contribution in [0, 0.1) is 11.8 Å². The first-order valence-corrected chi connectivity index (χ1v) is 4.99. The summed E-state index contributed by atoms with van der Waals surface area (Å²) in [6.45, 7) is 9.55. The Bertz CT molecular complexity index is 179. The number of nitrogens with zero attached hydrogens (tertiary/aromatic N) is 1. The molecule has 0 saturated carbocycles. The van der Waals surface area contributed by atoms with E-state index in [0.717, 1.165) is 24.5 Å². The van der Waals surface area contributed by atoms with Gasteiger partial charge in [-0.05, 0) is 30.0 Å². The van der Waals surface area contributed by atoms with Crippen LogP contribution < -0.4 is 5.73 Å². The summed E-state index contributed by atoms with van der Waals surface area (Å²) in [4.78, 5) is 4.33. The summed E-state index contributed by atoms with van der Waals surface area (Å²) in [7, 11) is 0. The van der Waals surface area contributed by atoms with Gasteiger partial charge in [0.15, 0.2) is 0 Å². The topological polar surface area (TPSA) is 38.4 Å². The fourth-order valence-corrected chi connectivity index (χ4v) is 0.887. The van der Waals surface area contributed by atoms with Crippen LogP contribution in [0.15, 0.2) is 16.8 Å². The Labute approximate surface area is 81.9 Å². The molecule has 0 fully saturated rings. The molecule has 0 heterocycles. The van der Waals surface area contributed by atoms with Crippen molar-refractivity contribution in [3.05, 3.63) is 11.8 Å². The van der Waals surface area contributed by atoms with E-state index in [1.807, 2.05) is 6.21 Å². The third-order valence-corrected chi connectivity index (χ3v) is 1.94. The Morgan fingerprint density at radius 1 is 1.31 bits per heavy atom. The molecule has 0 radical (unpaired) electrons. The van der Waals surface area contributed by atoms with Gasteiger partial charge in [0.2, 0.25) is 0 Å². The van der Waals surface area contributed by atoms with Crippen LogP contribution in [0.4, 0.5) is 0 Å². The standard InChI is InChI=1S/C11H22N2/c1-9(2)5-6-13-8-11(7-12)10(3)4/h7-10H,5-6,12H2,1-4H3. The molecule has 0 bridgehead atoms. The summed E-state index contributed by atoms with van der Waals surface area (Å²) in [5.74, 6) is 1.19. The SMILES string of the molecule is CC(C)CCN=CC(=CN)C(C)C. The molecule has 0 aromatic rings. The van der Waals surface area contributed by atoms with Crippen molar-refractivity contribution in [2.45, 2.75) is 34.1 Å². The predicted molar refractivity (Wildman–Crippen MR) is 59.9 cm³/mol. The minimum absolute atomic E-state index is 0.466. The summed E-state index contributed by atoms with van der Waals surface area (Å²) in [5, 5.41) is 0. The third-order valence-electron chi connectivity index (χ3n) is 1.94. The summed E-state index contributed by atoms with van der Waals surface area (Å²) in [6, 6.07) is 0. The highest BCUT2D eigenvalue weighted by Crippen LogP contribution is 2.05. The maximum atomic E-state index is 5.46. The molecule has 2 heteroatoms. The van der Waals surface area contributed by atoms with E-state index in [9.17, 15) is 0 Å². The molecule has 0 unspecified atom stereocenters. The van der Waals surface area contributed by atoms with Gasteiger partial charge in [0.1, 0.15) is 0 Å². The number of aliphatic imine (C=N–C) groups is 1. The van der Waals surface area contributed by atoms with E-state index in [4.69, 9.17) is 5.73 Å². The smallest absolute Gasteiger partial charge is 0.0391 e. The molecule has 0 aliphatic carbocycles. The lowest BCUT2D eigenvalue weighted by Gasteiger charge is -2.04. The molecule has 0 spiro atoms. The fraction of sp³-hybridized carbons (Fsp3) is 0.727. The second kappa shape index (κ2) is 6.70. The summed E-state index contributed by atoms with van der Waals surface area (Å²) in [6.07, 6.45) is 4.68. The van der Waals surface area contributed by atoms with Crippen molar-refractivity contribution < 1.29 is 0 Å². The minimum atomic E-state index is 0.466. The average molecular weight is 182 g/mol. The predicted octanol–water partition coefficient (Wildman–Crippen LogP) is 2.60. The van der Waals surface area contributed by atoms with Gasteiger partial charge < -0.3 is 5.73 Å². The Morgan fingerprint density at radius 2 is 1.92 bits per heavy atom. The normalized spacial score (nSPS) is 13.5. The van der Waals surface area contributed by atoms with Gasteiger partial charge in [0.05, 0.1) is 0 Å². The van der Waals surface area contributed by atoms with E-state index in [2.05, 4.69) is 32.7 Å². The number of nitrogens with two attached hydrogens (primary N) is 1. The lowest BCUT2D eigenvalue weighted by molar-refractivity contribution is 0.597. The highest BCUT2D eigenvalue weighted by atomic mass is 14.7. The number of hydrogen-bond donors (Lipinski definition) is 1. The Morgan fingerprint density at radius 3 is 2.31 bits per heavy atom. The van der Waals surface area contributed by atoms with Gasteiger partial charge in [0.25, 0.3) is 0 Å². The number of hydrogen-bond acceptors (Lipinski definition) is 2. The van der Waals surface area contributed by atoms with Crippen molar-refractivity contribution in [3.63, 3.8) is 0 Å². The molecule has 0 aromatic carbocycles. The van der Waals surface area contributed by atoms with Gasteiger partial charge in [-0.25, -0.2) is 0 Å². The Balaban J connectivity index is 3.82. The van der Waals surface area contributed by atoms with Crippen LogP contribution >= 0.6 is 0 Å². The van der Waals surface area contributed by atoms with Crippen molar-refractivity contribution in [3.8, 4) is 0 Å². The van der Waals surface area contributed by atoms with Crippen molar-refractivity contribution in [1.29, 1.82) is 0 Å². The molecule has 0 amide bonds. The second-order valence-electron chi connectivity index (χ2n) is 4.04. The molecule has 0 saturated heterocycles. The zero-order valence-electron chi connectivity index (χ0n) is 9.25. The van der Waals surface area contributed by atoms with Gasteiger partial charge in [-0.15, -0.1) is 0 Å². The van der Waals surface area contributed by atoms with E-state index in [1.165, 1.54) is 0 Å². The average Bonchev–Trinajstić information content (AvgIpc) is 2.03. The first kappa shape index (κ1) is 12.2. The summed E-state index contributed by atoms with van der Waals surface area (Å²) >= 11 is 0. The van der Waals surface area contributed by atoms with E-state index >= 15 is 0 Å². The van der Waals surface area contributed by atoms with Gasteiger partial charge in [-0.3, -0.25) is 4.99 Å². The quantitative estimate of drug-likeness (QED) is 0.652. The first-order valence-electron chi connectivity index (χ1n) is 4.99. The molecule has 76 valence electrons. The van der Waals surface area contributed by atoms with E-state index in [-0.39, 0.29) is 0 Å². The van der Waals surface area contributed by atoms with Gasteiger partial charge in [0, 0.05) is 12.8 Å². The monoisotopic (exact) mass is 182 g/mol. The van der Waals surface area contributed by atoms with Crippen LogP contribution in [-0.2, 0) is 0 Å². The molecule has 2 N–H and O–H groups in total. The number of rotatable bonds is 5. The van der Waals surface area contributed by atoms with E-state index < -0.39 is 0 Å². The molecule has 0 atom stereocenters. The van der Waals surface area contributed by atoms with Gasteiger partial charge >= 0.3 is 0 Å². The largest absolute Gasteiger partial charge is 0.404 e. The maximum Gasteiger partial charge on any atom is 0.0391 e. The van der Waals surface area contributed by atoms with Crippen LogP contribution in [-0.4, -0.2) is 12.8 Å². The van der Waals surface area contributed by atoms with Crippen LogP contribution in [0.3, 0.4) is 0 Å². The van der Waals surface area contributed by atoms with Crippen molar-refractivity contribution in [2.75, 3.05) is 6.54 Å². The van der Waals surface area contributed by atoms with Gasteiger partial charge in [-0.1, -0.05) is 27.7 Å². The molecular formula is C11H22N2. The number of allylic oxidation sites excluding steroid dienone is 1. The van der Waals surface area contributed by atoms with Crippen molar-refractivity contribution in [2.24, 2.45) is 22.6 Å². The van der Waals surface area contributed by atoms with Crippen LogP contribution in [0.5, 0.6) is 0 Å². The summed E-state index contributed by atoms with van der Waals surface area (Å²) in [5.41, 5.74) is 6.58. The molecular weight excluding hydrogens is 160 g/mol. The van der Waals surface area contributed by atoms with Crippen molar-refractivity contribution in [1.82, 2.24) is 0 Å². The molecule has 13 heavy (non-hydrogen) atoms. The lowest BCUT2D eigenvalue weighted by atomic mass is 10.1. The highest BCUT2D eigenvalue weighted by Gasteiger charge is 1.97. The minimum Gasteiger partial charge on any atom is -0.404 e. The third kappa shape index (κ3) is 6.38. The van der Waals surface area contributed by atoms with Crippen LogP contribution in [0.1, 0.15) is 34.1 Å². The molecule has 0 aliphatic heterocycles. The maximum absolute atomic E-state index is 5.46. The molecule has 0 rings (SSSR count). The first-order chi connectivity index (χ1) is 6.07.